The van der Waals surface area contributed by atoms with Crippen molar-refractivity contribution >= 4 is 18.0 Å². The molecular weight excluding hydrogens is 397 g/mol. The van der Waals surface area contributed by atoms with Crippen LogP contribution in [0.5, 0.6) is 0 Å². The van der Waals surface area contributed by atoms with E-state index in [0.29, 0.717) is 16.8 Å². The van der Waals surface area contributed by atoms with E-state index in [1.54, 1.807) is 36.0 Å². The summed E-state index contributed by atoms with van der Waals surface area (Å²) >= 11 is 0. The predicted octanol–water partition coefficient (Wildman–Crippen LogP) is 3.90. The quantitative estimate of drug-likeness (QED) is 0.466. The van der Waals surface area contributed by atoms with Gasteiger partial charge in [0.05, 0.1) is 11.4 Å². The molecule has 1 N–H and O–H groups in total. The van der Waals surface area contributed by atoms with Crippen molar-refractivity contribution in [2.45, 2.75) is 31.9 Å². The van der Waals surface area contributed by atoms with Gasteiger partial charge in [-0.2, -0.15) is 5.10 Å². The molecule has 1 aromatic heterocycles. The number of ether oxygens (including phenoxy) is 1. The van der Waals surface area contributed by atoms with E-state index in [-0.39, 0.29) is 17.8 Å². The van der Waals surface area contributed by atoms with E-state index < -0.39 is 12.1 Å². The van der Waals surface area contributed by atoms with Crippen molar-refractivity contribution in [3.05, 3.63) is 78.3 Å². The number of carbonyl (C=O) groups excluding carboxylic acids is 2. The van der Waals surface area contributed by atoms with E-state index >= 15 is 0 Å². The van der Waals surface area contributed by atoms with E-state index in [2.05, 4.69) is 10.4 Å². The fraction of sp³-hybridized carbons (Fsp3) is 0.208. The van der Waals surface area contributed by atoms with Crippen molar-refractivity contribution < 1.29 is 18.7 Å². The molecule has 0 aliphatic heterocycles. The Morgan fingerprint density at radius 1 is 1.16 bits per heavy atom. The number of halogens is 1. The Labute approximate surface area is 179 Å². The first kappa shape index (κ1) is 20.5. The third-order valence-electron chi connectivity index (χ3n) is 4.87. The van der Waals surface area contributed by atoms with E-state index in [0.717, 1.165) is 18.5 Å². The van der Waals surface area contributed by atoms with Crippen LogP contribution < -0.4 is 5.32 Å². The summed E-state index contributed by atoms with van der Waals surface area (Å²) in [5.74, 6) is -1.27. The van der Waals surface area contributed by atoms with Crippen molar-refractivity contribution in [1.82, 2.24) is 15.1 Å². The van der Waals surface area contributed by atoms with Crippen LogP contribution in [-0.4, -0.2) is 33.8 Å². The zero-order chi connectivity index (χ0) is 21.8. The van der Waals surface area contributed by atoms with Gasteiger partial charge >= 0.3 is 5.97 Å². The lowest BCUT2D eigenvalue weighted by Crippen LogP contribution is -2.36. The Balaban J connectivity index is 1.55. The van der Waals surface area contributed by atoms with E-state index in [9.17, 15) is 14.0 Å². The van der Waals surface area contributed by atoms with Gasteiger partial charge in [-0.25, -0.2) is 13.9 Å². The van der Waals surface area contributed by atoms with Gasteiger partial charge in [0.1, 0.15) is 5.82 Å². The van der Waals surface area contributed by atoms with Gasteiger partial charge in [0.25, 0.3) is 5.91 Å². The third kappa shape index (κ3) is 5.25. The summed E-state index contributed by atoms with van der Waals surface area (Å²) in [6.45, 7) is 1.54. The van der Waals surface area contributed by atoms with E-state index in [4.69, 9.17) is 4.74 Å². The summed E-state index contributed by atoms with van der Waals surface area (Å²) in [6.07, 6.45) is 5.68. The average Bonchev–Trinajstić information content (AvgIpc) is 3.49. The number of para-hydroxylation sites is 1. The van der Waals surface area contributed by atoms with Crippen LogP contribution in [0.15, 0.2) is 66.9 Å². The normalized spacial score (nSPS) is 14.4. The minimum absolute atomic E-state index is 0.200. The summed E-state index contributed by atoms with van der Waals surface area (Å²) in [7, 11) is 0. The van der Waals surface area contributed by atoms with E-state index in [1.807, 2.05) is 30.3 Å². The van der Waals surface area contributed by atoms with Crippen LogP contribution in [0.2, 0.25) is 0 Å². The maximum Gasteiger partial charge on any atom is 0.331 e. The number of amides is 1. The van der Waals surface area contributed by atoms with Crippen LogP contribution in [0.4, 0.5) is 4.39 Å². The Hall–Kier alpha value is -3.74. The number of hydrogen-bond donors (Lipinski definition) is 1. The summed E-state index contributed by atoms with van der Waals surface area (Å²) in [6, 6.07) is 15.7. The molecule has 1 atom stereocenters. The molecule has 0 unspecified atom stereocenters. The molecule has 3 aromatic rings. The Bertz CT molecular complexity index is 1100. The van der Waals surface area contributed by atoms with Gasteiger partial charge in [-0.3, -0.25) is 4.79 Å². The minimum Gasteiger partial charge on any atom is -0.449 e. The number of benzene rings is 2. The molecule has 1 heterocycles. The van der Waals surface area contributed by atoms with Gasteiger partial charge < -0.3 is 10.1 Å². The monoisotopic (exact) mass is 419 g/mol. The number of nitrogens with zero attached hydrogens (tertiary/aromatic N) is 2. The molecule has 0 spiro atoms. The maximum atomic E-state index is 13.4. The zero-order valence-electron chi connectivity index (χ0n) is 17.0. The maximum absolute atomic E-state index is 13.4. The second-order valence-corrected chi connectivity index (χ2v) is 7.42. The standard InChI is InChI=1S/C24H22FN3O3/c1-16(24(30)26-20-12-13-20)31-22(29)14-9-18-15-28(21-5-3-2-4-6-21)27-23(18)17-7-10-19(25)11-8-17/h2-11,14-16,20H,12-13H2,1H3,(H,26,30)/b14-9+/t16-/m1/s1. The topological polar surface area (TPSA) is 73.2 Å². The molecule has 1 aliphatic rings. The number of rotatable bonds is 7. The average molecular weight is 419 g/mol. The lowest BCUT2D eigenvalue weighted by Gasteiger charge is -2.11. The van der Waals surface area contributed by atoms with Gasteiger partial charge in [0, 0.05) is 29.4 Å². The van der Waals surface area contributed by atoms with Gasteiger partial charge in [-0.1, -0.05) is 18.2 Å². The van der Waals surface area contributed by atoms with Gasteiger partial charge in [-0.15, -0.1) is 0 Å². The van der Waals surface area contributed by atoms with Crippen molar-refractivity contribution in [3.63, 3.8) is 0 Å². The second-order valence-electron chi connectivity index (χ2n) is 7.42. The Kier molecular flexibility index (Phi) is 5.93. The summed E-state index contributed by atoms with van der Waals surface area (Å²) in [4.78, 5) is 24.2. The van der Waals surface area contributed by atoms with Crippen LogP contribution in [0, 0.1) is 5.82 Å². The number of esters is 1. The van der Waals surface area contributed by atoms with Crippen LogP contribution in [0.1, 0.15) is 25.3 Å². The lowest BCUT2D eigenvalue weighted by atomic mass is 10.1. The summed E-state index contributed by atoms with van der Waals surface area (Å²) in [5.41, 5.74) is 2.80. The van der Waals surface area contributed by atoms with E-state index in [1.165, 1.54) is 18.2 Å². The van der Waals surface area contributed by atoms with Crippen molar-refractivity contribution in [2.75, 3.05) is 0 Å². The van der Waals surface area contributed by atoms with Crippen molar-refractivity contribution in [1.29, 1.82) is 0 Å². The van der Waals surface area contributed by atoms with Crippen LogP contribution in [-0.2, 0) is 14.3 Å². The molecular formula is C24H22FN3O3. The molecule has 1 aliphatic carbocycles. The largest absolute Gasteiger partial charge is 0.449 e. The fourth-order valence-corrected chi connectivity index (χ4v) is 3.03. The lowest BCUT2D eigenvalue weighted by molar-refractivity contribution is -0.150. The van der Waals surface area contributed by atoms with Crippen LogP contribution >= 0.6 is 0 Å². The summed E-state index contributed by atoms with van der Waals surface area (Å²) in [5, 5.41) is 7.42. The first-order chi connectivity index (χ1) is 15.0. The second kappa shape index (κ2) is 8.95. The van der Waals surface area contributed by atoms with Crippen molar-refractivity contribution in [2.24, 2.45) is 0 Å². The zero-order valence-corrected chi connectivity index (χ0v) is 17.0. The molecule has 2 aromatic carbocycles. The SMILES string of the molecule is C[C@@H](OC(=O)/C=C/c1cn(-c2ccccc2)nc1-c1ccc(F)cc1)C(=O)NC1CC1. The van der Waals surface area contributed by atoms with Crippen molar-refractivity contribution in [3.8, 4) is 16.9 Å². The van der Waals surface area contributed by atoms with Crippen LogP contribution in [0.3, 0.4) is 0 Å². The third-order valence-corrected chi connectivity index (χ3v) is 4.87. The molecule has 1 fully saturated rings. The molecule has 6 nitrogen and oxygen atoms in total. The molecule has 31 heavy (non-hydrogen) atoms. The smallest absolute Gasteiger partial charge is 0.331 e. The molecule has 4 rings (SSSR count). The highest BCUT2D eigenvalue weighted by Crippen LogP contribution is 2.25. The molecule has 7 heteroatoms. The highest BCUT2D eigenvalue weighted by molar-refractivity contribution is 5.91. The van der Waals surface area contributed by atoms with Crippen LogP contribution in [0.25, 0.3) is 23.0 Å². The number of nitrogens with one attached hydrogen (secondary N) is 1. The first-order valence-corrected chi connectivity index (χ1v) is 10.1. The number of carbonyl (C=O) groups is 2. The number of hydrogen-bond acceptors (Lipinski definition) is 4. The minimum atomic E-state index is -0.874. The molecule has 1 amide bonds. The Morgan fingerprint density at radius 3 is 2.55 bits per heavy atom. The fourth-order valence-electron chi connectivity index (χ4n) is 3.03. The Morgan fingerprint density at radius 2 is 1.87 bits per heavy atom. The molecule has 0 bridgehead atoms. The first-order valence-electron chi connectivity index (χ1n) is 10.1. The molecule has 0 saturated heterocycles. The highest BCUT2D eigenvalue weighted by atomic mass is 19.1. The van der Waals surface area contributed by atoms with Gasteiger partial charge in [0.15, 0.2) is 6.10 Å². The number of aromatic nitrogens is 2. The molecule has 0 radical (unpaired) electrons. The summed E-state index contributed by atoms with van der Waals surface area (Å²) < 4.78 is 20.3. The molecule has 158 valence electrons. The van der Waals surface area contributed by atoms with Gasteiger partial charge in [-0.05, 0) is 62.2 Å². The van der Waals surface area contributed by atoms with Gasteiger partial charge in [0.2, 0.25) is 0 Å². The predicted molar refractivity (Wildman–Crippen MR) is 115 cm³/mol. The highest BCUT2D eigenvalue weighted by Gasteiger charge is 2.26. The molecule has 1 saturated carbocycles.